The highest BCUT2D eigenvalue weighted by Crippen LogP contribution is 2.33. The van der Waals surface area contributed by atoms with E-state index in [4.69, 9.17) is 4.84 Å². The number of rotatable bonds is 1. The SMILES string of the molecule is CC1(O)CC(CI)O[N+]2(CCCCC2)C1. The van der Waals surface area contributed by atoms with Gasteiger partial charge in [-0.25, -0.2) is 0 Å². The molecule has 1 N–H and O–H groups in total. The lowest BCUT2D eigenvalue weighted by atomic mass is 9.95. The third kappa shape index (κ3) is 2.84. The number of piperidine rings is 1. The minimum atomic E-state index is -0.536. The Bertz CT molecular complexity index is 227. The van der Waals surface area contributed by atoms with Crippen LogP contribution >= 0.6 is 22.6 Å². The van der Waals surface area contributed by atoms with Gasteiger partial charge >= 0.3 is 0 Å². The van der Waals surface area contributed by atoms with E-state index in [1.54, 1.807) is 0 Å². The molecule has 2 aliphatic heterocycles. The van der Waals surface area contributed by atoms with E-state index in [2.05, 4.69) is 22.6 Å². The third-order valence-corrected chi connectivity index (χ3v) is 4.45. The summed E-state index contributed by atoms with van der Waals surface area (Å²) in [7, 11) is 0. The lowest BCUT2D eigenvalue weighted by Gasteiger charge is -2.48. The van der Waals surface area contributed by atoms with Crippen molar-refractivity contribution >= 4 is 22.6 Å². The molecule has 3 nitrogen and oxygen atoms in total. The molecule has 0 saturated carbocycles. The monoisotopic (exact) mass is 326 g/mol. The maximum atomic E-state index is 10.3. The van der Waals surface area contributed by atoms with Gasteiger partial charge in [0.05, 0.1) is 0 Å². The van der Waals surface area contributed by atoms with Crippen molar-refractivity contribution in [2.45, 2.75) is 44.3 Å². The Hall–Kier alpha value is 0.610. The topological polar surface area (TPSA) is 29.5 Å². The minimum absolute atomic E-state index is 0.229. The highest BCUT2D eigenvalue weighted by molar-refractivity contribution is 14.1. The van der Waals surface area contributed by atoms with Gasteiger partial charge in [-0.1, -0.05) is 22.6 Å². The molecule has 0 aromatic heterocycles. The molecule has 88 valence electrons. The summed E-state index contributed by atoms with van der Waals surface area (Å²) in [5, 5.41) is 10.3. The summed E-state index contributed by atoms with van der Waals surface area (Å²) in [6.07, 6.45) is 4.82. The van der Waals surface area contributed by atoms with E-state index in [1.807, 2.05) is 6.92 Å². The molecule has 0 radical (unpaired) electrons. The molecule has 2 aliphatic rings. The Kier molecular flexibility index (Phi) is 3.60. The van der Waals surface area contributed by atoms with Crippen LogP contribution in [0.2, 0.25) is 0 Å². The van der Waals surface area contributed by atoms with E-state index >= 15 is 0 Å². The number of nitrogens with zero attached hydrogens (tertiary/aromatic N) is 1. The zero-order chi connectivity index (χ0) is 10.9. The van der Waals surface area contributed by atoms with Gasteiger partial charge in [-0.2, -0.15) is 9.48 Å². The second-order valence-corrected chi connectivity index (χ2v) is 6.19. The molecule has 0 aromatic rings. The molecule has 2 fully saturated rings. The molecule has 2 unspecified atom stereocenters. The Morgan fingerprint density at radius 3 is 2.67 bits per heavy atom. The zero-order valence-electron chi connectivity index (χ0n) is 9.41. The average Bonchev–Trinajstić information content (AvgIpc) is 2.16. The van der Waals surface area contributed by atoms with Gasteiger partial charge in [-0.15, -0.1) is 0 Å². The summed E-state index contributed by atoms with van der Waals surface area (Å²) in [6.45, 7) is 4.91. The number of aliphatic hydroxyl groups is 1. The number of hydrogen-bond acceptors (Lipinski definition) is 2. The van der Waals surface area contributed by atoms with Gasteiger partial charge in [0.2, 0.25) is 0 Å². The van der Waals surface area contributed by atoms with Gasteiger partial charge in [0.25, 0.3) is 0 Å². The first-order chi connectivity index (χ1) is 7.05. The zero-order valence-corrected chi connectivity index (χ0v) is 11.6. The van der Waals surface area contributed by atoms with Crippen molar-refractivity contribution in [2.75, 3.05) is 24.1 Å². The Balaban J connectivity index is 2.10. The van der Waals surface area contributed by atoms with Crippen LogP contribution in [-0.4, -0.2) is 45.5 Å². The number of alkyl halides is 1. The molecule has 0 bridgehead atoms. The lowest BCUT2D eigenvalue weighted by Crippen LogP contribution is -2.64. The summed E-state index contributed by atoms with van der Waals surface area (Å²) in [4.78, 5) is 6.17. The molecule has 1 spiro atoms. The molecular weight excluding hydrogens is 305 g/mol. The van der Waals surface area contributed by atoms with Crippen molar-refractivity contribution in [3.05, 3.63) is 0 Å². The van der Waals surface area contributed by atoms with Gasteiger partial charge in [-0.3, -0.25) is 0 Å². The summed E-state index contributed by atoms with van der Waals surface area (Å²) < 4.78 is 1.69. The summed E-state index contributed by atoms with van der Waals surface area (Å²) in [5.74, 6) is 0. The van der Waals surface area contributed by atoms with E-state index in [0.717, 1.165) is 30.5 Å². The summed E-state index contributed by atoms with van der Waals surface area (Å²) >= 11 is 2.36. The molecule has 2 rings (SSSR count). The van der Waals surface area contributed by atoms with Crippen molar-refractivity contribution in [2.24, 2.45) is 0 Å². The van der Waals surface area contributed by atoms with E-state index in [1.165, 1.54) is 19.3 Å². The molecule has 2 heterocycles. The van der Waals surface area contributed by atoms with Crippen LogP contribution < -0.4 is 0 Å². The molecule has 2 atom stereocenters. The molecule has 0 aliphatic carbocycles. The first kappa shape index (κ1) is 12.1. The van der Waals surface area contributed by atoms with Gasteiger partial charge in [-0.05, 0) is 26.2 Å². The minimum Gasteiger partial charge on any atom is -0.384 e. The van der Waals surface area contributed by atoms with Crippen molar-refractivity contribution in [3.63, 3.8) is 0 Å². The van der Waals surface area contributed by atoms with Crippen LogP contribution in [0.1, 0.15) is 32.6 Å². The predicted octanol–water partition coefficient (Wildman–Crippen LogP) is 1.88. The lowest BCUT2D eigenvalue weighted by molar-refractivity contribution is -1.12. The van der Waals surface area contributed by atoms with Gasteiger partial charge in [0.1, 0.15) is 31.3 Å². The van der Waals surface area contributed by atoms with Crippen LogP contribution in [0.4, 0.5) is 0 Å². The molecule has 15 heavy (non-hydrogen) atoms. The van der Waals surface area contributed by atoms with Gasteiger partial charge < -0.3 is 5.11 Å². The predicted molar refractivity (Wildman–Crippen MR) is 67.7 cm³/mol. The van der Waals surface area contributed by atoms with Gasteiger partial charge in [0.15, 0.2) is 0 Å². The molecule has 2 saturated heterocycles. The number of hydrogen-bond donors (Lipinski definition) is 1. The maximum Gasteiger partial charge on any atom is 0.138 e. The normalized spacial score (nSPS) is 40.6. The highest BCUT2D eigenvalue weighted by Gasteiger charge is 2.47. The Morgan fingerprint density at radius 1 is 1.40 bits per heavy atom. The van der Waals surface area contributed by atoms with Crippen LogP contribution in [-0.2, 0) is 4.84 Å². The number of quaternary nitrogens is 1. The first-order valence-corrected chi connectivity index (χ1v) is 7.41. The smallest absolute Gasteiger partial charge is 0.138 e. The first-order valence-electron chi connectivity index (χ1n) is 5.88. The highest BCUT2D eigenvalue weighted by atomic mass is 127. The fourth-order valence-corrected chi connectivity index (χ4v) is 3.47. The number of hydroxylamine groups is 3. The largest absolute Gasteiger partial charge is 0.384 e. The number of halogens is 1. The second-order valence-electron chi connectivity index (χ2n) is 5.31. The van der Waals surface area contributed by atoms with Crippen LogP contribution in [0.25, 0.3) is 0 Å². The van der Waals surface area contributed by atoms with Crippen molar-refractivity contribution in [1.29, 1.82) is 0 Å². The van der Waals surface area contributed by atoms with E-state index in [-0.39, 0.29) is 6.10 Å². The van der Waals surface area contributed by atoms with Crippen molar-refractivity contribution < 1.29 is 14.6 Å². The average molecular weight is 326 g/mol. The second kappa shape index (κ2) is 4.47. The fraction of sp³-hybridized carbons (Fsp3) is 1.00. The maximum absolute atomic E-state index is 10.3. The van der Waals surface area contributed by atoms with Crippen LogP contribution in [0, 0.1) is 0 Å². The quantitative estimate of drug-likeness (QED) is 0.453. The Labute approximate surface area is 105 Å². The van der Waals surface area contributed by atoms with E-state index in [0.29, 0.717) is 4.65 Å². The van der Waals surface area contributed by atoms with Crippen LogP contribution in [0.15, 0.2) is 0 Å². The van der Waals surface area contributed by atoms with Crippen molar-refractivity contribution in [1.82, 2.24) is 0 Å². The summed E-state index contributed by atoms with van der Waals surface area (Å²) in [5.41, 5.74) is -0.536. The van der Waals surface area contributed by atoms with Gasteiger partial charge in [0, 0.05) is 10.8 Å². The summed E-state index contributed by atoms with van der Waals surface area (Å²) in [6, 6.07) is 0. The van der Waals surface area contributed by atoms with E-state index in [9.17, 15) is 5.11 Å². The fourth-order valence-electron chi connectivity index (χ4n) is 3.00. The van der Waals surface area contributed by atoms with E-state index < -0.39 is 5.60 Å². The third-order valence-electron chi connectivity index (χ3n) is 3.47. The molecule has 4 heteroatoms. The standard InChI is InChI=1S/C11H21INO2/c1-11(14)7-10(8-12)15-13(9-11)5-3-2-4-6-13/h10,14H,2-9H2,1H3/q+1. The van der Waals surface area contributed by atoms with Crippen molar-refractivity contribution in [3.8, 4) is 0 Å². The Morgan fingerprint density at radius 2 is 2.07 bits per heavy atom. The molecule has 0 aromatic carbocycles. The molecule has 0 amide bonds. The van der Waals surface area contributed by atoms with Crippen LogP contribution in [0.5, 0.6) is 0 Å². The van der Waals surface area contributed by atoms with Crippen LogP contribution in [0.3, 0.4) is 0 Å². The molecular formula is C11H21INO2+.